The smallest absolute Gasteiger partial charge is 0.0184 e. The van der Waals surface area contributed by atoms with Crippen molar-refractivity contribution >= 4 is 11.8 Å². The van der Waals surface area contributed by atoms with E-state index in [2.05, 4.69) is 56.3 Å². The maximum atomic E-state index is 5.81. The third-order valence-corrected chi connectivity index (χ3v) is 4.66. The molecule has 106 valence electrons. The Bertz CT molecular complexity index is 531. The van der Waals surface area contributed by atoms with Gasteiger partial charge < -0.3 is 5.73 Å². The van der Waals surface area contributed by atoms with Gasteiger partial charge in [0.1, 0.15) is 0 Å². The van der Waals surface area contributed by atoms with Crippen molar-refractivity contribution < 1.29 is 0 Å². The highest BCUT2D eigenvalue weighted by atomic mass is 32.2. The quantitative estimate of drug-likeness (QED) is 0.832. The van der Waals surface area contributed by atoms with E-state index in [1.807, 2.05) is 17.8 Å². The zero-order valence-electron chi connectivity index (χ0n) is 12.3. The summed E-state index contributed by atoms with van der Waals surface area (Å²) in [6.07, 6.45) is 0. The van der Waals surface area contributed by atoms with Gasteiger partial charge in [-0.1, -0.05) is 62.4 Å². The van der Waals surface area contributed by atoms with E-state index in [-0.39, 0.29) is 0 Å². The molecule has 0 atom stereocenters. The van der Waals surface area contributed by atoms with Gasteiger partial charge in [-0.2, -0.15) is 11.8 Å². The molecule has 0 aliphatic rings. The molecule has 0 amide bonds. The molecule has 0 radical (unpaired) electrons. The predicted molar refractivity (Wildman–Crippen MR) is 90.8 cm³/mol. The van der Waals surface area contributed by atoms with E-state index in [1.54, 1.807) is 0 Å². The van der Waals surface area contributed by atoms with E-state index in [0.29, 0.717) is 6.54 Å². The molecule has 0 spiro atoms. The summed E-state index contributed by atoms with van der Waals surface area (Å²) in [7, 11) is 0. The van der Waals surface area contributed by atoms with Crippen molar-refractivity contribution in [1.82, 2.24) is 0 Å². The van der Waals surface area contributed by atoms with Crippen molar-refractivity contribution in [3.63, 3.8) is 0 Å². The topological polar surface area (TPSA) is 26.0 Å². The first-order chi connectivity index (χ1) is 9.70. The summed E-state index contributed by atoms with van der Waals surface area (Å²) >= 11 is 2.00. The summed E-state index contributed by atoms with van der Waals surface area (Å²) in [6, 6.07) is 17.2. The number of rotatable bonds is 6. The third kappa shape index (κ3) is 4.12. The minimum absolute atomic E-state index is 0.585. The average Bonchev–Trinajstić information content (AvgIpc) is 2.47. The lowest BCUT2D eigenvalue weighted by atomic mass is 9.99. The SMILES string of the molecule is CC(C)CSCc1ccc(-c2ccccc2CN)cc1. The Morgan fingerprint density at radius 1 is 1.00 bits per heavy atom. The van der Waals surface area contributed by atoms with Crippen LogP contribution in [0.15, 0.2) is 48.5 Å². The standard InChI is InChI=1S/C18H23NS/c1-14(2)12-20-13-15-7-9-16(10-8-15)18-6-4-3-5-17(18)11-19/h3-10,14H,11-13,19H2,1-2H3. The first kappa shape index (κ1) is 15.1. The molecule has 2 N–H and O–H groups in total. The van der Waals surface area contributed by atoms with Gasteiger partial charge in [0.25, 0.3) is 0 Å². The molecule has 2 rings (SSSR count). The molecule has 0 aliphatic carbocycles. The van der Waals surface area contributed by atoms with Gasteiger partial charge in [-0.05, 0) is 33.9 Å². The number of hydrogen-bond donors (Lipinski definition) is 1. The Morgan fingerprint density at radius 3 is 2.35 bits per heavy atom. The number of nitrogens with two attached hydrogens (primary N) is 1. The highest BCUT2D eigenvalue weighted by Gasteiger charge is 2.03. The summed E-state index contributed by atoms with van der Waals surface area (Å²) in [5.41, 5.74) is 10.9. The molecule has 0 heterocycles. The van der Waals surface area contributed by atoms with Crippen LogP contribution >= 0.6 is 11.8 Å². The molecule has 0 unspecified atom stereocenters. The van der Waals surface area contributed by atoms with Crippen LogP contribution < -0.4 is 5.73 Å². The molecule has 20 heavy (non-hydrogen) atoms. The molecule has 0 fully saturated rings. The molecule has 0 saturated carbocycles. The summed E-state index contributed by atoms with van der Waals surface area (Å²) < 4.78 is 0. The molecule has 1 nitrogen and oxygen atoms in total. The van der Waals surface area contributed by atoms with Crippen LogP contribution in [0.1, 0.15) is 25.0 Å². The van der Waals surface area contributed by atoms with Gasteiger partial charge >= 0.3 is 0 Å². The molecule has 0 aliphatic heterocycles. The van der Waals surface area contributed by atoms with E-state index in [4.69, 9.17) is 5.73 Å². The zero-order valence-corrected chi connectivity index (χ0v) is 13.1. The van der Waals surface area contributed by atoms with Crippen LogP contribution in [0.25, 0.3) is 11.1 Å². The normalized spacial score (nSPS) is 11.0. The second-order valence-electron chi connectivity index (χ2n) is 5.47. The summed E-state index contributed by atoms with van der Waals surface area (Å²) in [5.74, 6) is 3.07. The van der Waals surface area contributed by atoms with Crippen LogP contribution in [0.4, 0.5) is 0 Å². The van der Waals surface area contributed by atoms with Crippen molar-refractivity contribution in [3.8, 4) is 11.1 Å². The molecule has 0 saturated heterocycles. The van der Waals surface area contributed by atoms with Gasteiger partial charge in [-0.3, -0.25) is 0 Å². The van der Waals surface area contributed by atoms with Crippen LogP contribution in [0.2, 0.25) is 0 Å². The lowest BCUT2D eigenvalue weighted by Crippen LogP contribution is -1.98. The number of benzene rings is 2. The lowest BCUT2D eigenvalue weighted by Gasteiger charge is -2.09. The van der Waals surface area contributed by atoms with Gasteiger partial charge in [-0.15, -0.1) is 0 Å². The van der Waals surface area contributed by atoms with Crippen LogP contribution in [0.3, 0.4) is 0 Å². The van der Waals surface area contributed by atoms with E-state index < -0.39 is 0 Å². The molecular formula is C18H23NS. The van der Waals surface area contributed by atoms with Crippen molar-refractivity contribution in [1.29, 1.82) is 0 Å². The van der Waals surface area contributed by atoms with Crippen molar-refractivity contribution in [3.05, 3.63) is 59.7 Å². The third-order valence-electron chi connectivity index (χ3n) is 3.22. The highest BCUT2D eigenvalue weighted by molar-refractivity contribution is 7.98. The second-order valence-corrected chi connectivity index (χ2v) is 6.50. The van der Waals surface area contributed by atoms with Crippen LogP contribution in [0, 0.1) is 5.92 Å². The Balaban J connectivity index is 2.08. The summed E-state index contributed by atoms with van der Waals surface area (Å²) in [4.78, 5) is 0. The Hall–Kier alpha value is -1.25. The molecular weight excluding hydrogens is 262 g/mol. The fourth-order valence-electron chi connectivity index (χ4n) is 2.17. The van der Waals surface area contributed by atoms with Gasteiger partial charge in [0.15, 0.2) is 0 Å². The molecule has 2 aromatic carbocycles. The van der Waals surface area contributed by atoms with Crippen molar-refractivity contribution in [2.75, 3.05) is 5.75 Å². The summed E-state index contributed by atoms with van der Waals surface area (Å²) in [6.45, 7) is 5.11. The van der Waals surface area contributed by atoms with Crippen molar-refractivity contribution in [2.24, 2.45) is 11.7 Å². The Labute approximate surface area is 126 Å². The molecule has 2 heteroatoms. The monoisotopic (exact) mass is 285 g/mol. The fourth-order valence-corrected chi connectivity index (χ4v) is 3.19. The Morgan fingerprint density at radius 2 is 1.70 bits per heavy atom. The first-order valence-electron chi connectivity index (χ1n) is 7.15. The van der Waals surface area contributed by atoms with E-state index >= 15 is 0 Å². The number of hydrogen-bond acceptors (Lipinski definition) is 2. The van der Waals surface area contributed by atoms with Gasteiger partial charge in [-0.25, -0.2) is 0 Å². The largest absolute Gasteiger partial charge is 0.326 e. The molecule has 0 aromatic heterocycles. The van der Waals surface area contributed by atoms with E-state index in [1.165, 1.54) is 28.0 Å². The molecule has 2 aromatic rings. The second kappa shape index (κ2) is 7.51. The van der Waals surface area contributed by atoms with E-state index in [0.717, 1.165) is 11.7 Å². The average molecular weight is 285 g/mol. The van der Waals surface area contributed by atoms with Gasteiger partial charge in [0.05, 0.1) is 0 Å². The zero-order chi connectivity index (χ0) is 14.4. The van der Waals surface area contributed by atoms with Crippen LogP contribution in [-0.2, 0) is 12.3 Å². The molecule has 0 bridgehead atoms. The number of thioether (sulfide) groups is 1. The van der Waals surface area contributed by atoms with Crippen LogP contribution in [0.5, 0.6) is 0 Å². The van der Waals surface area contributed by atoms with Gasteiger partial charge in [0, 0.05) is 12.3 Å². The Kier molecular flexibility index (Phi) is 5.69. The fraction of sp³-hybridized carbons (Fsp3) is 0.333. The highest BCUT2D eigenvalue weighted by Crippen LogP contribution is 2.25. The maximum Gasteiger partial charge on any atom is 0.0184 e. The lowest BCUT2D eigenvalue weighted by molar-refractivity contribution is 0.750. The van der Waals surface area contributed by atoms with E-state index in [9.17, 15) is 0 Å². The minimum Gasteiger partial charge on any atom is -0.326 e. The van der Waals surface area contributed by atoms with Crippen LogP contribution in [-0.4, -0.2) is 5.75 Å². The predicted octanol–water partition coefficient (Wildman–Crippen LogP) is 4.70. The van der Waals surface area contributed by atoms with Gasteiger partial charge in [0.2, 0.25) is 0 Å². The maximum absolute atomic E-state index is 5.81. The first-order valence-corrected chi connectivity index (χ1v) is 8.31. The minimum atomic E-state index is 0.585. The van der Waals surface area contributed by atoms with Crippen molar-refractivity contribution in [2.45, 2.75) is 26.1 Å². The summed E-state index contributed by atoms with van der Waals surface area (Å²) in [5, 5.41) is 0.